The van der Waals surface area contributed by atoms with Crippen LogP contribution in [-0.4, -0.2) is 96.7 Å². The molecule has 0 aliphatic rings. The van der Waals surface area contributed by atoms with Gasteiger partial charge in [0.25, 0.3) is 0 Å². The largest absolute Gasteiger partial charge is 0.472 e. The number of phosphoric acid groups is 2. The molecule has 3 N–H and O–H groups in total. The van der Waals surface area contributed by atoms with Gasteiger partial charge in [0.2, 0.25) is 0 Å². The normalized spacial score (nSPS) is 14.2. The maximum absolute atomic E-state index is 13.1. The highest BCUT2D eigenvalue weighted by Crippen LogP contribution is 2.45. The molecule has 0 heterocycles. The van der Waals surface area contributed by atoms with Crippen LogP contribution in [0.3, 0.4) is 0 Å². The predicted molar refractivity (Wildman–Crippen MR) is 428 cm³/mol. The van der Waals surface area contributed by atoms with Gasteiger partial charge >= 0.3 is 39.5 Å². The highest BCUT2D eigenvalue weighted by Gasteiger charge is 2.30. The van der Waals surface area contributed by atoms with Crippen LogP contribution in [0.15, 0.2) is 0 Å². The zero-order valence-electron chi connectivity index (χ0n) is 68.5. The second-order valence-corrected chi connectivity index (χ2v) is 34.7. The molecule has 0 saturated heterocycles. The maximum atomic E-state index is 13.1. The van der Waals surface area contributed by atoms with Crippen molar-refractivity contribution in [3.8, 4) is 0 Å². The van der Waals surface area contributed by atoms with Gasteiger partial charge in [-0.25, -0.2) is 9.13 Å². The fourth-order valence-corrected chi connectivity index (χ4v) is 14.7. The molecule has 0 rings (SSSR count). The number of rotatable bonds is 83. The fraction of sp³-hybridized carbons (Fsp3) is 0.953. The zero-order valence-corrected chi connectivity index (χ0v) is 70.3. The number of phosphoric ester groups is 2. The van der Waals surface area contributed by atoms with E-state index in [1.54, 1.807) is 0 Å². The van der Waals surface area contributed by atoms with Crippen molar-refractivity contribution in [2.75, 3.05) is 39.6 Å². The lowest BCUT2D eigenvalue weighted by Crippen LogP contribution is -2.30. The number of carbonyl (C=O) groups is 4. The number of esters is 4. The maximum Gasteiger partial charge on any atom is 0.472 e. The first kappa shape index (κ1) is 102. The lowest BCUT2D eigenvalue weighted by Gasteiger charge is -2.21. The molecule has 0 fully saturated rings. The standard InChI is InChI=1S/C85H166O17P2/c1-8-10-11-12-13-14-15-16-17-18-22-25-28-33-38-45-52-59-66-82(87)95-72-80(101-84(89)68-61-54-46-39-34-29-26-23-20-19-21-24-27-32-37-44-51-58-65-78(7)9-2)74-99-103(91,92)97-70-79(86)71-98-104(93,94)100-75-81(73-96-83(88)67-60-53-48-41-43-50-57-64-77(5)6)102-85(90)69-62-55-47-40-35-30-31-36-42-49-56-63-76(3)4/h76-81,86H,8-75H2,1-7H3,(H,91,92)(H,93,94)/t78?,79-,80-,81-/m1/s1. The summed E-state index contributed by atoms with van der Waals surface area (Å²) in [6.45, 7) is 12.0. The Bertz CT molecular complexity index is 2010. The smallest absolute Gasteiger partial charge is 0.462 e. The topological polar surface area (TPSA) is 237 Å². The Morgan fingerprint density at radius 2 is 0.490 bits per heavy atom. The molecule has 0 aliphatic heterocycles. The van der Waals surface area contributed by atoms with Crippen molar-refractivity contribution in [2.24, 2.45) is 17.8 Å². The van der Waals surface area contributed by atoms with E-state index in [1.165, 1.54) is 250 Å². The molecule has 19 heteroatoms. The van der Waals surface area contributed by atoms with Crippen LogP contribution in [0.1, 0.15) is 447 Å². The molecule has 0 aliphatic carbocycles. The monoisotopic (exact) mass is 1520 g/mol. The van der Waals surface area contributed by atoms with Crippen LogP contribution in [0, 0.1) is 17.8 Å². The number of aliphatic hydroxyl groups is 1. The highest BCUT2D eigenvalue weighted by molar-refractivity contribution is 7.47. The lowest BCUT2D eigenvalue weighted by molar-refractivity contribution is -0.161. The van der Waals surface area contributed by atoms with E-state index in [4.69, 9.17) is 37.0 Å². The summed E-state index contributed by atoms with van der Waals surface area (Å²) in [5.74, 6) is 0.234. The van der Waals surface area contributed by atoms with Crippen molar-refractivity contribution in [1.29, 1.82) is 0 Å². The number of hydrogen-bond acceptors (Lipinski definition) is 15. The minimum Gasteiger partial charge on any atom is -0.462 e. The van der Waals surface area contributed by atoms with Crippen LogP contribution in [0.4, 0.5) is 0 Å². The third kappa shape index (κ3) is 76.8. The number of aliphatic hydroxyl groups excluding tert-OH is 1. The molecule has 0 saturated carbocycles. The molecule has 0 radical (unpaired) electrons. The molecule has 0 amide bonds. The van der Waals surface area contributed by atoms with Crippen LogP contribution in [-0.2, 0) is 65.4 Å². The Balaban J connectivity index is 5.22. The number of hydrogen-bond donors (Lipinski definition) is 3. The lowest BCUT2D eigenvalue weighted by atomic mass is 9.99. The third-order valence-corrected chi connectivity index (χ3v) is 22.1. The van der Waals surface area contributed by atoms with Gasteiger partial charge < -0.3 is 33.8 Å². The molecule has 0 aromatic rings. The molecular formula is C85H166O17P2. The Labute approximate surface area is 638 Å². The number of unbranched alkanes of at least 4 members (excludes halogenated alkanes) is 50. The van der Waals surface area contributed by atoms with Crippen LogP contribution in [0.25, 0.3) is 0 Å². The van der Waals surface area contributed by atoms with Gasteiger partial charge in [-0.2, -0.15) is 0 Å². The van der Waals surface area contributed by atoms with Gasteiger partial charge in [-0.05, 0) is 43.4 Å². The van der Waals surface area contributed by atoms with Gasteiger partial charge in [-0.1, -0.05) is 395 Å². The van der Waals surface area contributed by atoms with Crippen LogP contribution < -0.4 is 0 Å². The summed E-state index contributed by atoms with van der Waals surface area (Å²) in [6, 6.07) is 0. The van der Waals surface area contributed by atoms with Gasteiger partial charge in [-0.15, -0.1) is 0 Å². The quantitative estimate of drug-likeness (QED) is 0.0222. The summed E-state index contributed by atoms with van der Waals surface area (Å²) in [5, 5.41) is 10.7. The number of carbonyl (C=O) groups excluding carboxylic acids is 4. The summed E-state index contributed by atoms with van der Waals surface area (Å²) in [5.41, 5.74) is 0. The first-order valence-electron chi connectivity index (χ1n) is 43.9. The van der Waals surface area contributed by atoms with E-state index in [1.807, 2.05) is 0 Å². The summed E-state index contributed by atoms with van der Waals surface area (Å²) >= 11 is 0. The van der Waals surface area contributed by atoms with Crippen molar-refractivity contribution < 1.29 is 80.2 Å². The summed E-state index contributed by atoms with van der Waals surface area (Å²) in [6.07, 6.45) is 65.4. The van der Waals surface area contributed by atoms with E-state index in [2.05, 4.69) is 48.5 Å². The van der Waals surface area contributed by atoms with Crippen molar-refractivity contribution in [3.63, 3.8) is 0 Å². The SMILES string of the molecule is CCCCCCCCCCCCCCCCCCCCC(=O)OC[C@H](COP(=O)(O)OC[C@@H](O)COP(=O)(O)OC[C@@H](COC(=O)CCCCCCCCCC(C)C)OC(=O)CCCCCCCCCCCCCC(C)C)OC(=O)CCCCCCCCCCCCCCCCCCCCC(C)CC. The molecule has 618 valence electrons. The van der Waals surface area contributed by atoms with E-state index in [9.17, 15) is 43.2 Å². The Hall–Kier alpha value is -1.94. The first-order valence-corrected chi connectivity index (χ1v) is 46.9. The molecular weight excluding hydrogens is 1350 g/mol. The highest BCUT2D eigenvalue weighted by atomic mass is 31.2. The zero-order chi connectivity index (χ0) is 76.5. The van der Waals surface area contributed by atoms with Gasteiger partial charge in [-0.3, -0.25) is 37.3 Å². The van der Waals surface area contributed by atoms with Crippen LogP contribution in [0.2, 0.25) is 0 Å². The van der Waals surface area contributed by atoms with Crippen LogP contribution >= 0.6 is 15.6 Å². The van der Waals surface area contributed by atoms with Crippen molar-refractivity contribution >= 4 is 39.5 Å². The molecule has 17 nitrogen and oxygen atoms in total. The molecule has 104 heavy (non-hydrogen) atoms. The third-order valence-electron chi connectivity index (χ3n) is 20.2. The second kappa shape index (κ2) is 75.1. The molecule has 3 unspecified atom stereocenters. The summed E-state index contributed by atoms with van der Waals surface area (Å²) in [7, 11) is -9.93. The average molecular weight is 1520 g/mol. The van der Waals surface area contributed by atoms with Crippen LogP contribution in [0.5, 0.6) is 0 Å². The van der Waals surface area contributed by atoms with Gasteiger partial charge in [0, 0.05) is 25.7 Å². The minimum absolute atomic E-state index is 0.106. The van der Waals surface area contributed by atoms with Crippen molar-refractivity contribution in [3.05, 3.63) is 0 Å². The fourth-order valence-electron chi connectivity index (χ4n) is 13.2. The van der Waals surface area contributed by atoms with Gasteiger partial charge in [0.05, 0.1) is 26.4 Å². The molecule has 0 aromatic carbocycles. The Morgan fingerprint density at radius 3 is 0.731 bits per heavy atom. The van der Waals surface area contributed by atoms with E-state index >= 15 is 0 Å². The minimum atomic E-state index is -4.97. The Morgan fingerprint density at radius 1 is 0.279 bits per heavy atom. The average Bonchev–Trinajstić information content (AvgIpc) is 0.915. The van der Waals surface area contributed by atoms with E-state index in [-0.39, 0.29) is 25.7 Å². The van der Waals surface area contributed by atoms with Gasteiger partial charge in [0.15, 0.2) is 12.2 Å². The molecule has 0 aromatic heterocycles. The van der Waals surface area contributed by atoms with E-state index in [0.717, 1.165) is 108 Å². The van der Waals surface area contributed by atoms with Crippen molar-refractivity contribution in [2.45, 2.75) is 465 Å². The van der Waals surface area contributed by atoms with E-state index in [0.29, 0.717) is 31.6 Å². The number of ether oxygens (including phenoxy) is 4. The molecule has 0 spiro atoms. The van der Waals surface area contributed by atoms with E-state index < -0.39 is 97.5 Å². The van der Waals surface area contributed by atoms with Crippen molar-refractivity contribution in [1.82, 2.24) is 0 Å². The second-order valence-electron chi connectivity index (χ2n) is 31.8. The molecule has 0 bridgehead atoms. The summed E-state index contributed by atoms with van der Waals surface area (Å²) in [4.78, 5) is 73.1. The molecule has 6 atom stereocenters. The summed E-state index contributed by atoms with van der Waals surface area (Å²) < 4.78 is 68.8. The van der Waals surface area contributed by atoms with Gasteiger partial charge in [0.1, 0.15) is 19.3 Å². The Kier molecular flexibility index (Phi) is 73.7. The first-order chi connectivity index (χ1) is 50.3. The predicted octanol–water partition coefficient (Wildman–Crippen LogP) is 25.7.